The molecular formula is C24H29N3O4. The summed E-state index contributed by atoms with van der Waals surface area (Å²) >= 11 is 0. The Labute approximate surface area is 182 Å². The number of ether oxygens (including phenoxy) is 2. The van der Waals surface area contributed by atoms with Crippen molar-refractivity contribution in [3.8, 4) is 5.75 Å². The second kappa shape index (κ2) is 10.4. The molecule has 0 saturated carbocycles. The molecule has 1 amide bonds. The Hall–Kier alpha value is -2.90. The first-order valence-electron chi connectivity index (χ1n) is 10.7. The van der Waals surface area contributed by atoms with E-state index in [1.54, 1.807) is 25.8 Å². The van der Waals surface area contributed by atoms with Crippen LogP contribution in [-0.4, -0.2) is 67.2 Å². The number of carbonyl (C=O) groups excluding carboxylic acids is 1. The van der Waals surface area contributed by atoms with Gasteiger partial charge in [-0.3, -0.25) is 14.7 Å². The molecule has 1 saturated heterocycles. The van der Waals surface area contributed by atoms with Crippen LogP contribution in [0.4, 0.5) is 0 Å². The maximum absolute atomic E-state index is 13.3. The average molecular weight is 424 g/mol. The molecule has 7 heteroatoms. The van der Waals surface area contributed by atoms with Crippen molar-refractivity contribution < 1.29 is 18.7 Å². The van der Waals surface area contributed by atoms with Crippen LogP contribution >= 0.6 is 0 Å². The van der Waals surface area contributed by atoms with E-state index in [9.17, 15) is 4.79 Å². The predicted molar refractivity (Wildman–Crippen MR) is 118 cm³/mol. The number of benzene rings is 1. The van der Waals surface area contributed by atoms with Crippen LogP contribution < -0.4 is 4.74 Å². The molecule has 1 fully saturated rings. The van der Waals surface area contributed by atoms with Crippen molar-refractivity contribution in [1.82, 2.24) is 14.8 Å². The van der Waals surface area contributed by atoms with Gasteiger partial charge < -0.3 is 18.8 Å². The molecule has 0 radical (unpaired) electrons. The molecule has 1 aliphatic rings. The summed E-state index contributed by atoms with van der Waals surface area (Å²) in [5.41, 5.74) is 2.71. The standard InChI is InChI=1S/C24H29N3O4/c1-29-21-3-4-22-20(18-31-23(22)16-21)15-24(28)27(17-19-5-7-25-8-6-19)10-2-9-26-11-13-30-14-12-26/h3-8,16,18H,2,9-15,17H2,1H3. The van der Waals surface area contributed by atoms with Gasteiger partial charge in [0.25, 0.3) is 0 Å². The number of hydrogen-bond donors (Lipinski definition) is 0. The van der Waals surface area contributed by atoms with E-state index in [4.69, 9.17) is 13.9 Å². The van der Waals surface area contributed by atoms with Crippen LogP contribution in [-0.2, 0) is 22.5 Å². The highest BCUT2D eigenvalue weighted by molar-refractivity contribution is 5.88. The summed E-state index contributed by atoms with van der Waals surface area (Å²) in [6.07, 6.45) is 6.45. The Morgan fingerprint density at radius 1 is 1.19 bits per heavy atom. The van der Waals surface area contributed by atoms with Gasteiger partial charge in [-0.15, -0.1) is 0 Å². The zero-order valence-corrected chi connectivity index (χ0v) is 18.0. The van der Waals surface area contributed by atoms with E-state index in [-0.39, 0.29) is 5.91 Å². The van der Waals surface area contributed by atoms with Gasteiger partial charge in [-0.05, 0) is 36.2 Å². The van der Waals surface area contributed by atoms with E-state index in [1.807, 2.05) is 35.2 Å². The third-order valence-electron chi connectivity index (χ3n) is 5.69. The minimum Gasteiger partial charge on any atom is -0.497 e. The average Bonchev–Trinajstić information content (AvgIpc) is 3.21. The topological polar surface area (TPSA) is 68.0 Å². The van der Waals surface area contributed by atoms with Crippen LogP contribution in [0, 0.1) is 0 Å². The van der Waals surface area contributed by atoms with Gasteiger partial charge in [-0.25, -0.2) is 0 Å². The first-order chi connectivity index (χ1) is 15.2. The van der Waals surface area contributed by atoms with Crippen LogP contribution in [0.25, 0.3) is 11.0 Å². The van der Waals surface area contributed by atoms with Gasteiger partial charge in [0.15, 0.2) is 0 Å². The molecule has 0 bridgehead atoms. The van der Waals surface area contributed by atoms with E-state index >= 15 is 0 Å². The zero-order chi connectivity index (χ0) is 21.5. The molecule has 0 atom stereocenters. The second-order valence-corrected chi connectivity index (χ2v) is 7.78. The smallest absolute Gasteiger partial charge is 0.227 e. The molecule has 0 N–H and O–H groups in total. The second-order valence-electron chi connectivity index (χ2n) is 7.78. The van der Waals surface area contributed by atoms with Gasteiger partial charge in [-0.1, -0.05) is 0 Å². The summed E-state index contributed by atoms with van der Waals surface area (Å²) < 4.78 is 16.4. The molecule has 0 spiro atoms. The highest BCUT2D eigenvalue weighted by Crippen LogP contribution is 2.26. The number of pyridine rings is 1. The van der Waals surface area contributed by atoms with Crippen molar-refractivity contribution in [2.45, 2.75) is 19.4 Å². The lowest BCUT2D eigenvalue weighted by molar-refractivity contribution is -0.131. The molecule has 7 nitrogen and oxygen atoms in total. The highest BCUT2D eigenvalue weighted by atomic mass is 16.5. The molecule has 3 aromatic rings. The monoisotopic (exact) mass is 423 g/mol. The molecule has 164 valence electrons. The fraction of sp³-hybridized carbons (Fsp3) is 0.417. The van der Waals surface area contributed by atoms with Crippen molar-refractivity contribution in [2.75, 3.05) is 46.5 Å². The number of methoxy groups -OCH3 is 1. The Kier molecular flexibility index (Phi) is 7.17. The molecule has 3 heterocycles. The molecule has 1 aliphatic heterocycles. The third-order valence-corrected chi connectivity index (χ3v) is 5.69. The van der Waals surface area contributed by atoms with E-state index in [1.165, 1.54) is 0 Å². The number of morpholine rings is 1. The lowest BCUT2D eigenvalue weighted by atomic mass is 10.1. The van der Waals surface area contributed by atoms with Crippen LogP contribution in [0.15, 0.2) is 53.4 Å². The Bertz CT molecular complexity index is 983. The van der Waals surface area contributed by atoms with Crippen LogP contribution in [0.3, 0.4) is 0 Å². The largest absolute Gasteiger partial charge is 0.497 e. The van der Waals surface area contributed by atoms with Crippen molar-refractivity contribution in [3.63, 3.8) is 0 Å². The number of fused-ring (bicyclic) bond motifs is 1. The van der Waals surface area contributed by atoms with Gasteiger partial charge in [-0.2, -0.15) is 0 Å². The lowest BCUT2D eigenvalue weighted by Crippen LogP contribution is -2.39. The number of hydrogen-bond acceptors (Lipinski definition) is 6. The minimum absolute atomic E-state index is 0.0947. The third kappa shape index (κ3) is 5.62. The highest BCUT2D eigenvalue weighted by Gasteiger charge is 2.18. The number of carbonyl (C=O) groups is 1. The van der Waals surface area contributed by atoms with Crippen LogP contribution in [0.5, 0.6) is 5.75 Å². The fourth-order valence-electron chi connectivity index (χ4n) is 3.91. The number of aromatic nitrogens is 1. The molecule has 2 aromatic heterocycles. The normalized spacial score (nSPS) is 14.6. The summed E-state index contributed by atoms with van der Waals surface area (Å²) in [5, 5.41) is 0.950. The molecule has 1 aromatic carbocycles. The van der Waals surface area contributed by atoms with Gasteiger partial charge >= 0.3 is 0 Å². The van der Waals surface area contributed by atoms with Crippen LogP contribution in [0.1, 0.15) is 17.5 Å². The lowest BCUT2D eigenvalue weighted by Gasteiger charge is -2.28. The van der Waals surface area contributed by atoms with Crippen LogP contribution in [0.2, 0.25) is 0 Å². The van der Waals surface area contributed by atoms with E-state index < -0.39 is 0 Å². The molecule has 0 aliphatic carbocycles. The van der Waals surface area contributed by atoms with Crippen molar-refractivity contribution in [1.29, 1.82) is 0 Å². The number of amides is 1. The minimum atomic E-state index is 0.0947. The first kappa shape index (κ1) is 21.3. The fourth-order valence-corrected chi connectivity index (χ4v) is 3.91. The van der Waals surface area contributed by atoms with Crippen molar-refractivity contribution >= 4 is 16.9 Å². The Balaban J connectivity index is 1.43. The van der Waals surface area contributed by atoms with E-state index in [0.29, 0.717) is 19.5 Å². The summed E-state index contributed by atoms with van der Waals surface area (Å²) in [6, 6.07) is 9.61. The summed E-state index contributed by atoms with van der Waals surface area (Å²) in [4.78, 5) is 21.7. The van der Waals surface area contributed by atoms with Gasteiger partial charge in [0.1, 0.15) is 11.3 Å². The maximum atomic E-state index is 13.3. The Morgan fingerprint density at radius 3 is 2.77 bits per heavy atom. The van der Waals surface area contributed by atoms with Gasteiger partial charge in [0.05, 0.1) is 33.0 Å². The van der Waals surface area contributed by atoms with Gasteiger partial charge in [0.2, 0.25) is 5.91 Å². The van der Waals surface area contributed by atoms with E-state index in [0.717, 1.165) is 67.1 Å². The summed E-state index contributed by atoms with van der Waals surface area (Å²) in [5.74, 6) is 0.833. The first-order valence-corrected chi connectivity index (χ1v) is 10.7. The SMILES string of the molecule is COc1ccc2c(CC(=O)N(CCCN3CCOCC3)Cc3ccncc3)coc2c1. The quantitative estimate of drug-likeness (QED) is 0.527. The number of furan rings is 1. The zero-order valence-electron chi connectivity index (χ0n) is 18.0. The molecule has 31 heavy (non-hydrogen) atoms. The van der Waals surface area contributed by atoms with Crippen molar-refractivity contribution in [3.05, 3.63) is 60.1 Å². The van der Waals surface area contributed by atoms with Gasteiger partial charge in [0, 0.05) is 62.1 Å². The van der Waals surface area contributed by atoms with Crippen molar-refractivity contribution in [2.24, 2.45) is 0 Å². The molecule has 4 rings (SSSR count). The number of rotatable bonds is 9. The molecule has 0 unspecified atom stereocenters. The number of nitrogens with zero attached hydrogens (tertiary/aromatic N) is 3. The van der Waals surface area contributed by atoms with E-state index in [2.05, 4.69) is 9.88 Å². The summed E-state index contributed by atoms with van der Waals surface area (Å²) in [6.45, 7) is 5.76. The Morgan fingerprint density at radius 2 is 2.00 bits per heavy atom. The maximum Gasteiger partial charge on any atom is 0.227 e. The summed E-state index contributed by atoms with van der Waals surface area (Å²) in [7, 11) is 1.63. The molecular weight excluding hydrogens is 394 g/mol. The predicted octanol–water partition coefficient (Wildman–Crippen LogP) is 3.13.